The summed E-state index contributed by atoms with van der Waals surface area (Å²) in [6, 6.07) is 1.84. The molecule has 3 aromatic heterocycles. The molecule has 3 aromatic rings. The van der Waals surface area contributed by atoms with E-state index < -0.39 is 0 Å². The predicted octanol–water partition coefficient (Wildman–Crippen LogP) is 2.85. The van der Waals surface area contributed by atoms with E-state index in [1.807, 2.05) is 6.07 Å². The Morgan fingerprint density at radius 1 is 1.12 bits per heavy atom. The maximum Gasteiger partial charge on any atom is 0.225 e. The molecule has 0 aliphatic carbocycles. The summed E-state index contributed by atoms with van der Waals surface area (Å²) < 4.78 is 0. The smallest absolute Gasteiger partial charge is 0.225 e. The maximum absolute atomic E-state index is 4.73. The predicted molar refractivity (Wildman–Crippen MR) is 93.6 cm³/mol. The van der Waals surface area contributed by atoms with Crippen LogP contribution in [-0.2, 0) is 0 Å². The molecule has 0 bridgehead atoms. The van der Waals surface area contributed by atoms with Gasteiger partial charge in [0.1, 0.15) is 0 Å². The number of nitrogens with one attached hydrogen (secondary N) is 1. The van der Waals surface area contributed by atoms with Crippen LogP contribution in [0.1, 0.15) is 24.5 Å². The number of rotatable bonds is 4. The highest BCUT2D eigenvalue weighted by Gasteiger charge is 2.24. The highest BCUT2D eigenvalue weighted by atomic mass is 32.1. The summed E-state index contributed by atoms with van der Waals surface area (Å²) >= 11 is 1.60. The molecule has 4 rings (SSSR count). The van der Waals surface area contributed by atoms with E-state index in [0.29, 0.717) is 11.7 Å². The summed E-state index contributed by atoms with van der Waals surface area (Å²) in [6.07, 6.45) is 10.8. The summed E-state index contributed by atoms with van der Waals surface area (Å²) in [7, 11) is 0. The zero-order valence-corrected chi connectivity index (χ0v) is 13.9. The van der Waals surface area contributed by atoms with Crippen LogP contribution in [0.2, 0.25) is 0 Å². The van der Waals surface area contributed by atoms with Crippen molar-refractivity contribution in [2.45, 2.75) is 18.8 Å². The molecule has 24 heavy (non-hydrogen) atoms. The van der Waals surface area contributed by atoms with Gasteiger partial charge in [0, 0.05) is 49.2 Å². The summed E-state index contributed by atoms with van der Waals surface area (Å²) in [6.45, 7) is 1.90. The number of thiazole rings is 1. The van der Waals surface area contributed by atoms with Gasteiger partial charge in [-0.25, -0.2) is 19.9 Å². The molecule has 0 aromatic carbocycles. The summed E-state index contributed by atoms with van der Waals surface area (Å²) in [5.74, 6) is 1.91. The fraction of sp³-hybridized carbons (Fsp3) is 0.312. The fourth-order valence-corrected chi connectivity index (χ4v) is 3.66. The zero-order chi connectivity index (χ0) is 16.2. The number of piperidine rings is 1. The van der Waals surface area contributed by atoms with Gasteiger partial charge in [-0.1, -0.05) is 0 Å². The Labute approximate surface area is 143 Å². The van der Waals surface area contributed by atoms with Crippen molar-refractivity contribution in [3.63, 3.8) is 0 Å². The molecule has 1 saturated heterocycles. The second-order valence-electron chi connectivity index (χ2n) is 5.63. The first-order valence-corrected chi connectivity index (χ1v) is 8.77. The Balaban J connectivity index is 1.46. The van der Waals surface area contributed by atoms with Gasteiger partial charge < -0.3 is 10.2 Å². The zero-order valence-electron chi connectivity index (χ0n) is 13.0. The van der Waals surface area contributed by atoms with E-state index in [0.717, 1.165) is 42.7 Å². The summed E-state index contributed by atoms with van der Waals surface area (Å²) in [5, 5.41) is 6.17. The van der Waals surface area contributed by atoms with Crippen LogP contribution >= 0.6 is 11.3 Å². The third-order valence-electron chi connectivity index (χ3n) is 3.99. The van der Waals surface area contributed by atoms with Gasteiger partial charge in [-0.3, -0.25) is 4.98 Å². The minimum atomic E-state index is 0.399. The Hall–Kier alpha value is -2.61. The van der Waals surface area contributed by atoms with Gasteiger partial charge in [0.2, 0.25) is 5.95 Å². The monoisotopic (exact) mass is 339 g/mol. The van der Waals surface area contributed by atoms with Crippen molar-refractivity contribution in [1.29, 1.82) is 0 Å². The first-order valence-electron chi connectivity index (χ1n) is 7.89. The van der Waals surface area contributed by atoms with Crippen LogP contribution in [0.3, 0.4) is 0 Å². The lowest BCUT2D eigenvalue weighted by Gasteiger charge is -2.31. The molecule has 1 aliphatic heterocycles. The van der Waals surface area contributed by atoms with E-state index >= 15 is 0 Å². The molecule has 8 heteroatoms. The van der Waals surface area contributed by atoms with E-state index in [9.17, 15) is 0 Å². The van der Waals surface area contributed by atoms with Crippen molar-refractivity contribution in [2.24, 2.45) is 0 Å². The number of anilines is 3. The Morgan fingerprint density at radius 2 is 2.04 bits per heavy atom. The first-order chi connectivity index (χ1) is 11.9. The molecule has 0 spiro atoms. The summed E-state index contributed by atoms with van der Waals surface area (Å²) in [5.41, 5.74) is 1.12. The molecular weight excluding hydrogens is 322 g/mol. The molecule has 1 aliphatic rings. The molecule has 1 N–H and O–H groups in total. The molecule has 122 valence electrons. The first kappa shape index (κ1) is 14.9. The van der Waals surface area contributed by atoms with Crippen molar-refractivity contribution in [3.8, 4) is 0 Å². The van der Waals surface area contributed by atoms with Crippen LogP contribution in [-0.4, -0.2) is 38.0 Å². The van der Waals surface area contributed by atoms with Crippen molar-refractivity contribution in [1.82, 2.24) is 24.9 Å². The lowest BCUT2D eigenvalue weighted by atomic mass is 9.96. The minimum absolute atomic E-state index is 0.399. The fourth-order valence-electron chi connectivity index (χ4n) is 2.86. The van der Waals surface area contributed by atoms with Crippen molar-refractivity contribution in [2.75, 3.05) is 23.3 Å². The van der Waals surface area contributed by atoms with Crippen molar-refractivity contribution in [3.05, 3.63) is 48.1 Å². The molecular formula is C16H17N7S. The quantitative estimate of drug-likeness (QED) is 0.783. The lowest BCUT2D eigenvalue weighted by molar-refractivity contribution is 0.497. The molecule has 0 radical (unpaired) electrons. The van der Waals surface area contributed by atoms with E-state index in [1.54, 1.807) is 42.3 Å². The van der Waals surface area contributed by atoms with Crippen LogP contribution < -0.4 is 10.2 Å². The molecule has 7 nitrogen and oxygen atoms in total. The second-order valence-corrected chi connectivity index (χ2v) is 6.49. The third-order valence-corrected chi connectivity index (χ3v) is 4.77. The van der Waals surface area contributed by atoms with Gasteiger partial charge in [-0.15, -0.1) is 11.3 Å². The standard InChI is InChI=1S/C16H17N7S/c1-3-12(10-23(8-1)15-19-4-2-5-20-15)13-11-24-16(21-13)22-14-9-17-6-7-18-14/h2,4-7,9,11-12H,1,3,8,10H2,(H,18,21,22)/t12-/m1/s1. The SMILES string of the molecule is c1cnc(N2CCC[C@@H](c3csc(Nc4cnccn4)n3)C2)nc1. The van der Waals surface area contributed by atoms with Crippen molar-refractivity contribution < 1.29 is 0 Å². The van der Waals surface area contributed by atoms with Crippen LogP contribution in [0.5, 0.6) is 0 Å². The highest BCUT2D eigenvalue weighted by Crippen LogP contribution is 2.31. The molecule has 1 fully saturated rings. The minimum Gasteiger partial charge on any atom is -0.340 e. The van der Waals surface area contributed by atoms with E-state index in [2.05, 4.69) is 35.5 Å². The van der Waals surface area contributed by atoms with E-state index in [1.165, 1.54) is 0 Å². The molecule has 0 unspecified atom stereocenters. The van der Waals surface area contributed by atoms with Crippen LogP contribution in [0.4, 0.5) is 16.9 Å². The number of hydrogen-bond donors (Lipinski definition) is 1. The van der Waals surface area contributed by atoms with Gasteiger partial charge in [0.15, 0.2) is 10.9 Å². The average molecular weight is 339 g/mol. The van der Waals surface area contributed by atoms with Gasteiger partial charge in [0.25, 0.3) is 0 Å². The second kappa shape index (κ2) is 6.88. The normalized spacial score (nSPS) is 17.7. The Bertz CT molecular complexity index is 777. The Kier molecular flexibility index (Phi) is 4.28. The highest BCUT2D eigenvalue weighted by molar-refractivity contribution is 7.13. The number of aromatic nitrogens is 5. The van der Waals surface area contributed by atoms with Crippen LogP contribution in [0.25, 0.3) is 0 Å². The number of hydrogen-bond acceptors (Lipinski definition) is 8. The van der Waals surface area contributed by atoms with Gasteiger partial charge in [-0.05, 0) is 18.9 Å². The molecule has 1 atom stereocenters. The average Bonchev–Trinajstić information content (AvgIpc) is 3.12. The summed E-state index contributed by atoms with van der Waals surface area (Å²) in [4.78, 5) is 24.0. The lowest BCUT2D eigenvalue weighted by Crippen LogP contribution is -2.35. The van der Waals surface area contributed by atoms with E-state index in [-0.39, 0.29) is 0 Å². The molecule has 0 saturated carbocycles. The van der Waals surface area contributed by atoms with Gasteiger partial charge >= 0.3 is 0 Å². The van der Waals surface area contributed by atoms with Crippen LogP contribution in [0.15, 0.2) is 42.4 Å². The van der Waals surface area contributed by atoms with Crippen molar-refractivity contribution >= 4 is 28.2 Å². The molecule has 0 amide bonds. The van der Waals surface area contributed by atoms with Gasteiger partial charge in [-0.2, -0.15) is 0 Å². The third kappa shape index (κ3) is 3.33. The van der Waals surface area contributed by atoms with E-state index in [4.69, 9.17) is 4.98 Å². The number of nitrogens with zero attached hydrogens (tertiary/aromatic N) is 6. The molecule has 4 heterocycles. The maximum atomic E-state index is 4.73. The van der Waals surface area contributed by atoms with Gasteiger partial charge in [0.05, 0.1) is 11.9 Å². The van der Waals surface area contributed by atoms with Crippen LogP contribution in [0, 0.1) is 0 Å². The Morgan fingerprint density at radius 3 is 2.88 bits per heavy atom. The largest absolute Gasteiger partial charge is 0.340 e. The topological polar surface area (TPSA) is 79.7 Å².